The van der Waals surface area contributed by atoms with E-state index in [-0.39, 0.29) is 0 Å². The third kappa shape index (κ3) is 3.95. The zero-order chi connectivity index (χ0) is 14.7. The molecule has 0 spiro atoms. The third-order valence-electron chi connectivity index (χ3n) is 3.72. The Morgan fingerprint density at radius 2 is 2.05 bits per heavy atom. The summed E-state index contributed by atoms with van der Waals surface area (Å²) >= 11 is 9.47. The molecule has 1 fully saturated rings. The van der Waals surface area contributed by atoms with Crippen LogP contribution in [0.3, 0.4) is 0 Å². The van der Waals surface area contributed by atoms with Crippen molar-refractivity contribution in [1.29, 1.82) is 0 Å². The van der Waals surface area contributed by atoms with Crippen molar-refractivity contribution in [2.75, 3.05) is 26.2 Å². The highest BCUT2D eigenvalue weighted by Crippen LogP contribution is 2.23. The molecule has 0 aromatic heterocycles. The number of carboxylic acids is 1. The lowest BCUT2D eigenvalue weighted by Gasteiger charge is -2.36. The standard InChI is InChI=1S/C14H18BrClN2O2/c1-10(14(19)20)18-6-4-17(5-7-18)9-11-2-3-12(16)8-13(11)15/h2-3,8,10H,4-7,9H2,1H3,(H,19,20). The summed E-state index contributed by atoms with van der Waals surface area (Å²) in [6, 6.07) is 5.42. The highest BCUT2D eigenvalue weighted by atomic mass is 79.9. The van der Waals surface area contributed by atoms with E-state index in [4.69, 9.17) is 16.7 Å². The molecule has 1 aromatic rings. The fourth-order valence-corrected chi connectivity index (χ4v) is 3.16. The highest BCUT2D eigenvalue weighted by Gasteiger charge is 2.25. The van der Waals surface area contributed by atoms with Gasteiger partial charge in [0.2, 0.25) is 0 Å². The quantitative estimate of drug-likeness (QED) is 0.895. The number of halogens is 2. The van der Waals surface area contributed by atoms with Crippen molar-refractivity contribution in [3.63, 3.8) is 0 Å². The topological polar surface area (TPSA) is 43.8 Å². The van der Waals surface area contributed by atoms with Gasteiger partial charge in [0.05, 0.1) is 0 Å². The Morgan fingerprint density at radius 1 is 1.40 bits per heavy atom. The lowest BCUT2D eigenvalue weighted by Crippen LogP contribution is -2.51. The number of hydrogen-bond acceptors (Lipinski definition) is 3. The summed E-state index contributed by atoms with van der Waals surface area (Å²) in [5.74, 6) is -0.751. The minimum absolute atomic E-state index is 0.403. The molecule has 4 nitrogen and oxygen atoms in total. The summed E-state index contributed by atoms with van der Waals surface area (Å²) in [7, 11) is 0. The molecular weight excluding hydrogens is 344 g/mol. The minimum atomic E-state index is -0.751. The van der Waals surface area contributed by atoms with Crippen LogP contribution < -0.4 is 0 Å². The molecule has 1 heterocycles. The van der Waals surface area contributed by atoms with Gasteiger partial charge in [-0.1, -0.05) is 33.6 Å². The smallest absolute Gasteiger partial charge is 0.320 e. The van der Waals surface area contributed by atoms with Gasteiger partial charge in [0.15, 0.2) is 0 Å². The molecular formula is C14H18BrClN2O2. The summed E-state index contributed by atoms with van der Waals surface area (Å²) in [6.07, 6.45) is 0. The first-order chi connectivity index (χ1) is 9.47. The first-order valence-corrected chi connectivity index (χ1v) is 7.77. The van der Waals surface area contributed by atoms with Crippen molar-refractivity contribution in [2.24, 2.45) is 0 Å². The van der Waals surface area contributed by atoms with Crippen molar-refractivity contribution in [1.82, 2.24) is 9.80 Å². The summed E-state index contributed by atoms with van der Waals surface area (Å²) in [5.41, 5.74) is 1.20. The second kappa shape index (κ2) is 6.89. The van der Waals surface area contributed by atoms with E-state index in [1.807, 2.05) is 23.1 Å². The zero-order valence-corrected chi connectivity index (χ0v) is 13.7. The SMILES string of the molecule is CC(C(=O)O)N1CCN(Cc2ccc(Cl)cc2Br)CC1. The normalized spacial score (nSPS) is 18.9. The average molecular weight is 362 g/mol. The monoisotopic (exact) mass is 360 g/mol. The van der Waals surface area contributed by atoms with Gasteiger partial charge in [-0.2, -0.15) is 0 Å². The fourth-order valence-electron chi connectivity index (χ4n) is 2.36. The average Bonchev–Trinajstić information content (AvgIpc) is 2.42. The van der Waals surface area contributed by atoms with Crippen LogP contribution in [-0.4, -0.2) is 53.1 Å². The summed E-state index contributed by atoms with van der Waals surface area (Å²) in [4.78, 5) is 15.3. The Kier molecular flexibility index (Phi) is 5.43. The first kappa shape index (κ1) is 15.8. The lowest BCUT2D eigenvalue weighted by atomic mass is 10.2. The minimum Gasteiger partial charge on any atom is -0.480 e. The molecule has 6 heteroatoms. The van der Waals surface area contributed by atoms with Crippen LogP contribution in [0.4, 0.5) is 0 Å². The maximum Gasteiger partial charge on any atom is 0.320 e. The maximum atomic E-state index is 11.0. The fraction of sp³-hybridized carbons (Fsp3) is 0.500. The van der Waals surface area contributed by atoms with Crippen LogP contribution in [0.5, 0.6) is 0 Å². The van der Waals surface area contributed by atoms with E-state index < -0.39 is 12.0 Å². The van der Waals surface area contributed by atoms with E-state index in [0.717, 1.165) is 42.2 Å². The largest absolute Gasteiger partial charge is 0.480 e. The van der Waals surface area contributed by atoms with Crippen molar-refractivity contribution in [3.05, 3.63) is 33.3 Å². The van der Waals surface area contributed by atoms with Crippen LogP contribution in [0, 0.1) is 0 Å². The predicted molar refractivity (Wildman–Crippen MR) is 83.1 cm³/mol. The Morgan fingerprint density at radius 3 is 2.60 bits per heavy atom. The zero-order valence-electron chi connectivity index (χ0n) is 11.4. The highest BCUT2D eigenvalue weighted by molar-refractivity contribution is 9.10. The van der Waals surface area contributed by atoms with Crippen LogP contribution in [-0.2, 0) is 11.3 Å². The molecule has 1 saturated heterocycles. The second-order valence-corrected chi connectivity index (χ2v) is 6.35. The van der Waals surface area contributed by atoms with Gasteiger partial charge in [-0.05, 0) is 24.6 Å². The predicted octanol–water partition coefficient (Wildman–Crippen LogP) is 2.69. The summed E-state index contributed by atoms with van der Waals surface area (Å²) in [6.45, 7) is 5.94. The Labute approximate surface area is 132 Å². The van der Waals surface area contributed by atoms with Gasteiger partial charge >= 0.3 is 5.97 Å². The van der Waals surface area contributed by atoms with Gasteiger partial charge in [-0.3, -0.25) is 14.6 Å². The number of nitrogens with zero attached hydrogens (tertiary/aromatic N) is 2. The molecule has 20 heavy (non-hydrogen) atoms. The third-order valence-corrected chi connectivity index (χ3v) is 4.69. The van der Waals surface area contributed by atoms with Crippen LogP contribution in [0.2, 0.25) is 5.02 Å². The van der Waals surface area contributed by atoms with Crippen molar-refractivity contribution in [3.8, 4) is 0 Å². The Bertz CT molecular complexity index is 490. The molecule has 2 rings (SSSR count). The molecule has 1 aromatic carbocycles. The first-order valence-electron chi connectivity index (χ1n) is 6.60. The van der Waals surface area contributed by atoms with Crippen LogP contribution in [0.15, 0.2) is 22.7 Å². The van der Waals surface area contributed by atoms with Gasteiger partial charge in [-0.15, -0.1) is 0 Å². The van der Waals surface area contributed by atoms with Crippen molar-refractivity contribution >= 4 is 33.5 Å². The van der Waals surface area contributed by atoms with Gasteiger partial charge in [0.25, 0.3) is 0 Å². The van der Waals surface area contributed by atoms with Crippen LogP contribution in [0.1, 0.15) is 12.5 Å². The van der Waals surface area contributed by atoms with E-state index in [1.54, 1.807) is 6.92 Å². The van der Waals surface area contributed by atoms with Crippen LogP contribution in [0.25, 0.3) is 0 Å². The molecule has 110 valence electrons. The molecule has 0 saturated carbocycles. The Balaban J connectivity index is 1.90. The van der Waals surface area contributed by atoms with E-state index in [0.29, 0.717) is 0 Å². The van der Waals surface area contributed by atoms with Gasteiger partial charge < -0.3 is 5.11 Å². The number of piperazine rings is 1. The second-order valence-electron chi connectivity index (χ2n) is 5.06. The van der Waals surface area contributed by atoms with Crippen molar-refractivity contribution < 1.29 is 9.90 Å². The molecule has 0 amide bonds. The van der Waals surface area contributed by atoms with Gasteiger partial charge in [-0.25, -0.2) is 0 Å². The molecule has 1 aliphatic rings. The number of rotatable bonds is 4. The number of carboxylic acid groups (broad SMARTS) is 1. The van der Waals surface area contributed by atoms with Crippen molar-refractivity contribution in [2.45, 2.75) is 19.5 Å². The van der Waals surface area contributed by atoms with Gasteiger partial charge in [0, 0.05) is 42.2 Å². The van der Waals surface area contributed by atoms with E-state index in [1.165, 1.54) is 5.56 Å². The summed E-state index contributed by atoms with van der Waals surface area (Å²) < 4.78 is 1.02. The Hall–Kier alpha value is -0.620. The molecule has 1 atom stereocenters. The molecule has 1 unspecified atom stereocenters. The number of hydrogen-bond donors (Lipinski definition) is 1. The van der Waals surface area contributed by atoms with Gasteiger partial charge in [0.1, 0.15) is 6.04 Å². The summed E-state index contributed by atoms with van der Waals surface area (Å²) in [5, 5.41) is 9.75. The molecule has 0 aliphatic carbocycles. The van der Waals surface area contributed by atoms with E-state index in [2.05, 4.69) is 20.8 Å². The maximum absolute atomic E-state index is 11.0. The number of carbonyl (C=O) groups is 1. The molecule has 1 N–H and O–H groups in total. The number of aliphatic carboxylic acids is 1. The molecule has 1 aliphatic heterocycles. The number of benzene rings is 1. The van der Waals surface area contributed by atoms with E-state index in [9.17, 15) is 4.79 Å². The molecule has 0 bridgehead atoms. The van der Waals surface area contributed by atoms with Crippen LogP contribution >= 0.6 is 27.5 Å². The lowest BCUT2D eigenvalue weighted by molar-refractivity contribution is -0.143. The van der Waals surface area contributed by atoms with E-state index >= 15 is 0 Å². The molecule has 0 radical (unpaired) electrons.